The van der Waals surface area contributed by atoms with Crippen LogP contribution in [0, 0.1) is 0 Å². The summed E-state index contributed by atoms with van der Waals surface area (Å²) in [4.78, 5) is 14.6. The first kappa shape index (κ1) is 32.0. The van der Waals surface area contributed by atoms with Crippen LogP contribution in [0.5, 0.6) is 0 Å². The number of hydrogen-bond acceptors (Lipinski definition) is 3. The van der Waals surface area contributed by atoms with Crippen molar-refractivity contribution >= 4 is 21.5 Å². The Bertz CT molecular complexity index is 3060. The number of fused-ring (bicyclic) bond motifs is 4. The van der Waals surface area contributed by atoms with Gasteiger partial charge in [-0.15, -0.1) is 0 Å². The first-order valence-corrected chi connectivity index (χ1v) is 19.0. The van der Waals surface area contributed by atoms with E-state index in [2.05, 4.69) is 187 Å². The van der Waals surface area contributed by atoms with Gasteiger partial charge in [-0.3, -0.25) is 4.98 Å². The molecular formula is C53H33N3. The van der Waals surface area contributed by atoms with E-state index in [-0.39, 0.29) is 0 Å². The summed E-state index contributed by atoms with van der Waals surface area (Å²) >= 11 is 0. The number of aromatic nitrogens is 3. The molecule has 3 heteroatoms. The maximum atomic E-state index is 5.18. The van der Waals surface area contributed by atoms with Gasteiger partial charge in [-0.25, -0.2) is 9.97 Å². The van der Waals surface area contributed by atoms with Gasteiger partial charge in [-0.1, -0.05) is 170 Å². The molecule has 0 bridgehead atoms. The van der Waals surface area contributed by atoms with E-state index in [4.69, 9.17) is 9.97 Å². The minimum Gasteiger partial charge on any atom is -0.264 e. The molecule has 56 heavy (non-hydrogen) atoms. The fourth-order valence-corrected chi connectivity index (χ4v) is 8.30. The van der Waals surface area contributed by atoms with Crippen molar-refractivity contribution in [1.82, 2.24) is 15.0 Å². The highest BCUT2D eigenvalue weighted by Gasteiger charge is 2.22. The normalized spacial score (nSPS) is 11.6. The predicted molar refractivity (Wildman–Crippen MR) is 232 cm³/mol. The molecule has 0 spiro atoms. The largest absolute Gasteiger partial charge is 0.264 e. The zero-order chi connectivity index (χ0) is 37.0. The van der Waals surface area contributed by atoms with Gasteiger partial charge < -0.3 is 0 Å². The van der Waals surface area contributed by atoms with Gasteiger partial charge in [0, 0.05) is 29.1 Å². The molecule has 0 N–H and O–H groups in total. The van der Waals surface area contributed by atoms with Gasteiger partial charge in [0.2, 0.25) is 0 Å². The van der Waals surface area contributed by atoms with Gasteiger partial charge in [-0.05, 0) is 95.4 Å². The van der Waals surface area contributed by atoms with Crippen LogP contribution >= 0.6 is 0 Å². The minimum absolute atomic E-state index is 0.685. The van der Waals surface area contributed by atoms with Crippen molar-refractivity contribution in [1.29, 1.82) is 0 Å². The van der Waals surface area contributed by atoms with Crippen LogP contribution in [0.2, 0.25) is 0 Å². The average Bonchev–Trinajstić information content (AvgIpc) is 3.61. The Morgan fingerprint density at radius 3 is 1.55 bits per heavy atom. The van der Waals surface area contributed by atoms with Crippen molar-refractivity contribution in [3.8, 4) is 89.5 Å². The van der Waals surface area contributed by atoms with Crippen LogP contribution < -0.4 is 0 Å². The molecule has 0 saturated carbocycles. The first-order chi connectivity index (χ1) is 27.7. The van der Waals surface area contributed by atoms with Gasteiger partial charge in [0.1, 0.15) is 0 Å². The number of benzene rings is 8. The van der Waals surface area contributed by atoms with Crippen LogP contribution in [-0.4, -0.2) is 15.0 Å². The minimum atomic E-state index is 0.685. The molecule has 3 nitrogen and oxygen atoms in total. The predicted octanol–water partition coefficient (Wildman–Crippen LogP) is 13.8. The topological polar surface area (TPSA) is 38.7 Å². The smallest absolute Gasteiger partial charge is 0.160 e. The molecular weight excluding hydrogens is 679 g/mol. The molecule has 1 aliphatic carbocycles. The number of rotatable bonds is 6. The second-order valence-corrected chi connectivity index (χ2v) is 14.4. The van der Waals surface area contributed by atoms with Crippen molar-refractivity contribution in [3.63, 3.8) is 0 Å². The fourth-order valence-electron chi connectivity index (χ4n) is 8.30. The molecule has 0 fully saturated rings. The zero-order valence-corrected chi connectivity index (χ0v) is 30.4. The molecule has 2 heterocycles. The average molecular weight is 712 g/mol. The molecule has 0 amide bonds. The molecule has 0 aliphatic heterocycles. The monoisotopic (exact) mass is 711 g/mol. The summed E-state index contributed by atoms with van der Waals surface area (Å²) in [7, 11) is 0. The van der Waals surface area contributed by atoms with Crippen LogP contribution in [0.4, 0.5) is 0 Å². The van der Waals surface area contributed by atoms with E-state index in [1.165, 1.54) is 66.1 Å². The van der Waals surface area contributed by atoms with Gasteiger partial charge in [0.15, 0.2) is 5.82 Å². The fraction of sp³-hybridized carbons (Fsp3) is 0. The second kappa shape index (κ2) is 13.1. The molecule has 10 aromatic rings. The van der Waals surface area contributed by atoms with E-state index in [9.17, 15) is 0 Å². The van der Waals surface area contributed by atoms with Gasteiger partial charge in [0.05, 0.1) is 11.4 Å². The molecule has 1 aliphatic rings. The summed E-state index contributed by atoms with van der Waals surface area (Å²) in [6.07, 6.45) is 3.68. The lowest BCUT2D eigenvalue weighted by atomic mass is 9.93. The highest BCUT2D eigenvalue weighted by Crippen LogP contribution is 2.49. The van der Waals surface area contributed by atoms with E-state index in [0.717, 1.165) is 39.2 Å². The Morgan fingerprint density at radius 1 is 0.304 bits per heavy atom. The van der Waals surface area contributed by atoms with E-state index < -0.39 is 0 Å². The Labute approximate surface area is 325 Å². The lowest BCUT2D eigenvalue weighted by molar-refractivity contribution is 1.18. The van der Waals surface area contributed by atoms with E-state index >= 15 is 0 Å². The van der Waals surface area contributed by atoms with Gasteiger partial charge >= 0.3 is 0 Å². The Kier molecular flexibility index (Phi) is 7.49. The quantitative estimate of drug-likeness (QED) is 0.172. The van der Waals surface area contributed by atoms with Crippen molar-refractivity contribution in [3.05, 3.63) is 200 Å². The second-order valence-electron chi connectivity index (χ2n) is 14.4. The summed E-state index contributed by atoms with van der Waals surface area (Å²) in [6, 6.07) is 67.2. The molecule has 8 aromatic carbocycles. The standard InChI is InChI=1S/C53H33N3/c1-2-8-41-31-42(27-18-34(41)7-1)35-14-21-38(22-15-35)50-32-51(56-53(55-50)40-25-16-36(17-26-40)43-9-6-30-54-33-43)39-23-19-37(20-24-39)44-28-29-49-46-11-4-3-10-45(46)48-13-5-12-47(44)52(48)49/h1-33H. The lowest BCUT2D eigenvalue weighted by Gasteiger charge is -2.12. The molecule has 11 rings (SSSR count). The molecule has 0 saturated heterocycles. The van der Waals surface area contributed by atoms with E-state index in [1.807, 2.05) is 12.3 Å². The Balaban J connectivity index is 0.979. The van der Waals surface area contributed by atoms with Crippen molar-refractivity contribution < 1.29 is 0 Å². The highest BCUT2D eigenvalue weighted by molar-refractivity contribution is 6.18. The van der Waals surface area contributed by atoms with Crippen LogP contribution in [0.1, 0.15) is 0 Å². The van der Waals surface area contributed by atoms with E-state index in [1.54, 1.807) is 6.20 Å². The van der Waals surface area contributed by atoms with Crippen molar-refractivity contribution in [2.45, 2.75) is 0 Å². The number of hydrogen-bond donors (Lipinski definition) is 0. The SMILES string of the molecule is c1cncc(-c2ccc(-c3nc(-c4ccc(-c5ccc6ccccc6c5)cc4)cc(-c4ccc(-c5ccc6c7c(cccc57)-c5ccccc5-6)cc4)n3)cc2)c1. The third-order valence-corrected chi connectivity index (χ3v) is 11.2. The molecule has 0 radical (unpaired) electrons. The lowest BCUT2D eigenvalue weighted by Crippen LogP contribution is -1.96. The summed E-state index contributed by atoms with van der Waals surface area (Å²) in [6.45, 7) is 0. The van der Waals surface area contributed by atoms with Crippen LogP contribution in [0.25, 0.3) is 111 Å². The summed E-state index contributed by atoms with van der Waals surface area (Å²) in [5.74, 6) is 0.685. The summed E-state index contributed by atoms with van der Waals surface area (Å²) in [5.41, 5.74) is 17.0. The molecule has 0 atom stereocenters. The maximum absolute atomic E-state index is 5.18. The van der Waals surface area contributed by atoms with Crippen molar-refractivity contribution in [2.75, 3.05) is 0 Å². The van der Waals surface area contributed by atoms with E-state index in [0.29, 0.717) is 5.82 Å². The molecule has 260 valence electrons. The summed E-state index contributed by atoms with van der Waals surface area (Å²) < 4.78 is 0. The van der Waals surface area contributed by atoms with Gasteiger partial charge in [-0.2, -0.15) is 0 Å². The number of nitrogens with zero attached hydrogens (tertiary/aromatic N) is 3. The highest BCUT2D eigenvalue weighted by atomic mass is 14.9. The molecule has 2 aromatic heterocycles. The van der Waals surface area contributed by atoms with Crippen LogP contribution in [0.3, 0.4) is 0 Å². The van der Waals surface area contributed by atoms with Gasteiger partial charge in [0.25, 0.3) is 0 Å². The van der Waals surface area contributed by atoms with Crippen molar-refractivity contribution in [2.24, 2.45) is 0 Å². The van der Waals surface area contributed by atoms with Crippen LogP contribution in [0.15, 0.2) is 200 Å². The van der Waals surface area contributed by atoms with Crippen LogP contribution in [-0.2, 0) is 0 Å². The number of pyridine rings is 1. The Hall–Kier alpha value is -7.49. The zero-order valence-electron chi connectivity index (χ0n) is 30.4. The first-order valence-electron chi connectivity index (χ1n) is 19.0. The molecule has 0 unspecified atom stereocenters. The Morgan fingerprint density at radius 2 is 0.857 bits per heavy atom. The summed E-state index contributed by atoms with van der Waals surface area (Å²) in [5, 5.41) is 5.09. The maximum Gasteiger partial charge on any atom is 0.160 e. The third kappa shape index (κ3) is 5.49. The third-order valence-electron chi connectivity index (χ3n) is 11.2.